The number of para-hydroxylation sites is 1. The number of rotatable bonds is 5. The molecule has 1 saturated heterocycles. The van der Waals surface area contributed by atoms with Crippen LogP contribution in [-0.4, -0.2) is 41.3 Å². The normalized spacial score (nSPS) is 20.0. The predicted octanol–water partition coefficient (Wildman–Crippen LogP) is 4.27. The van der Waals surface area contributed by atoms with Crippen LogP contribution in [0.25, 0.3) is 0 Å². The molecule has 2 atom stereocenters. The lowest BCUT2D eigenvalue weighted by Crippen LogP contribution is -2.35. The summed E-state index contributed by atoms with van der Waals surface area (Å²) in [6, 6.07) is 4.77. The average molecular weight is 384 g/mol. The fourth-order valence-electron chi connectivity index (χ4n) is 3.32. The number of anilines is 1. The van der Waals surface area contributed by atoms with Crippen LogP contribution in [-0.2, 0) is 11.2 Å². The molecule has 1 fully saturated rings. The number of nitrogens with zero attached hydrogens (tertiary/aromatic N) is 1. The number of hydrogen-bond donors (Lipinski definition) is 2. The van der Waals surface area contributed by atoms with E-state index in [0.717, 1.165) is 16.0 Å². The van der Waals surface area contributed by atoms with Crippen molar-refractivity contribution in [3.8, 4) is 0 Å². The van der Waals surface area contributed by atoms with Gasteiger partial charge in [0.25, 0.3) is 0 Å². The quantitative estimate of drug-likeness (QED) is 0.745. The van der Waals surface area contributed by atoms with Crippen molar-refractivity contribution >= 4 is 17.7 Å². The van der Waals surface area contributed by atoms with Crippen LogP contribution in [0.2, 0.25) is 0 Å². The molecule has 0 spiro atoms. The molecule has 1 aliphatic rings. The summed E-state index contributed by atoms with van der Waals surface area (Å²) in [7, 11) is 0. The molecule has 1 aromatic rings. The van der Waals surface area contributed by atoms with E-state index in [4.69, 9.17) is 5.11 Å². The Bertz CT molecular complexity index is 731. The van der Waals surface area contributed by atoms with E-state index >= 15 is 0 Å². The molecule has 1 aromatic carbocycles. The summed E-state index contributed by atoms with van der Waals surface area (Å²) >= 11 is 0. The Morgan fingerprint density at radius 2 is 2.04 bits per heavy atom. The van der Waals surface area contributed by atoms with Gasteiger partial charge >= 0.3 is 18.2 Å². The number of halogens is 3. The molecular formula is C19H23F3N2O3. The molecule has 0 aromatic heterocycles. The second-order valence-corrected chi connectivity index (χ2v) is 6.96. The van der Waals surface area contributed by atoms with Crippen molar-refractivity contribution < 1.29 is 27.9 Å². The summed E-state index contributed by atoms with van der Waals surface area (Å²) < 4.78 is 39.4. The third kappa shape index (κ3) is 4.61. The number of urea groups is 1. The van der Waals surface area contributed by atoms with E-state index < -0.39 is 43.1 Å². The lowest BCUT2D eigenvalue weighted by molar-refractivity contribution is -0.187. The van der Waals surface area contributed by atoms with Gasteiger partial charge in [0.2, 0.25) is 0 Å². The molecule has 0 radical (unpaired) electrons. The second-order valence-electron chi connectivity index (χ2n) is 6.96. The Morgan fingerprint density at radius 1 is 1.37 bits per heavy atom. The Kier molecular flexibility index (Phi) is 6.18. The van der Waals surface area contributed by atoms with Crippen molar-refractivity contribution in [1.29, 1.82) is 0 Å². The van der Waals surface area contributed by atoms with Gasteiger partial charge in [-0.25, -0.2) is 4.79 Å². The molecule has 5 nitrogen and oxygen atoms in total. The number of carbonyl (C=O) groups is 2. The maximum atomic E-state index is 13.1. The molecule has 1 aliphatic heterocycles. The van der Waals surface area contributed by atoms with E-state index in [1.54, 1.807) is 6.08 Å². The number of amides is 2. The number of aliphatic carboxylic acids is 1. The van der Waals surface area contributed by atoms with Crippen LogP contribution < -0.4 is 5.32 Å². The molecule has 2 rings (SSSR count). The molecule has 27 heavy (non-hydrogen) atoms. The summed E-state index contributed by atoms with van der Waals surface area (Å²) in [5.74, 6) is -5.21. The molecule has 0 unspecified atom stereocenters. The van der Waals surface area contributed by atoms with E-state index in [0.29, 0.717) is 12.1 Å². The van der Waals surface area contributed by atoms with E-state index in [2.05, 4.69) is 11.9 Å². The maximum absolute atomic E-state index is 13.1. The summed E-state index contributed by atoms with van der Waals surface area (Å²) in [5.41, 5.74) is 2.19. The highest BCUT2D eigenvalue weighted by molar-refractivity contribution is 5.92. The van der Waals surface area contributed by atoms with Crippen molar-refractivity contribution in [2.75, 3.05) is 18.4 Å². The first kappa shape index (κ1) is 20.8. The van der Waals surface area contributed by atoms with Crippen LogP contribution in [0.4, 0.5) is 23.7 Å². The number of alkyl halides is 3. The van der Waals surface area contributed by atoms with Crippen LogP contribution in [0.1, 0.15) is 30.9 Å². The van der Waals surface area contributed by atoms with Crippen LogP contribution in [0.5, 0.6) is 0 Å². The highest BCUT2D eigenvalue weighted by atomic mass is 19.4. The molecular weight excluding hydrogens is 361 g/mol. The summed E-state index contributed by atoms with van der Waals surface area (Å²) in [4.78, 5) is 24.7. The fourth-order valence-corrected chi connectivity index (χ4v) is 3.32. The second kappa shape index (κ2) is 8.02. The number of carboxylic acids is 1. The standard InChI is InChI=1S/C19H23F3N2O3/c1-4-6-12-7-5-8-13(11(2)3)16(12)23-18(27)24-9-14(17(25)26)15(10-24)19(20,21)22/h4-5,7-8,11,14-15H,1,6,9-10H2,2-3H3,(H,23,27)(H,25,26)/t14-,15-/m1/s1. The van der Waals surface area contributed by atoms with Gasteiger partial charge in [-0.2, -0.15) is 13.2 Å². The summed E-state index contributed by atoms with van der Waals surface area (Å²) in [6.45, 7) is 6.41. The van der Waals surface area contributed by atoms with Gasteiger partial charge in [0.05, 0.1) is 11.8 Å². The molecule has 1 heterocycles. The van der Waals surface area contributed by atoms with Crippen LogP contribution >= 0.6 is 0 Å². The molecule has 8 heteroatoms. The zero-order valence-corrected chi connectivity index (χ0v) is 15.2. The van der Waals surface area contributed by atoms with E-state index in [-0.39, 0.29) is 5.92 Å². The number of hydrogen-bond acceptors (Lipinski definition) is 2. The topological polar surface area (TPSA) is 69.6 Å². The number of carbonyl (C=O) groups excluding carboxylic acids is 1. The van der Waals surface area contributed by atoms with Crippen LogP contribution in [0.3, 0.4) is 0 Å². The monoisotopic (exact) mass is 384 g/mol. The number of likely N-dealkylation sites (tertiary alicyclic amines) is 1. The van der Waals surface area contributed by atoms with Crippen molar-refractivity contribution in [3.63, 3.8) is 0 Å². The van der Waals surface area contributed by atoms with Gasteiger partial charge < -0.3 is 15.3 Å². The highest BCUT2D eigenvalue weighted by Gasteiger charge is 2.53. The first-order valence-corrected chi connectivity index (χ1v) is 8.64. The largest absolute Gasteiger partial charge is 0.481 e. The Morgan fingerprint density at radius 3 is 2.52 bits per heavy atom. The van der Waals surface area contributed by atoms with Gasteiger partial charge in [0.1, 0.15) is 0 Å². The fraction of sp³-hybridized carbons (Fsp3) is 0.474. The van der Waals surface area contributed by atoms with Crippen molar-refractivity contribution in [1.82, 2.24) is 4.90 Å². The zero-order chi connectivity index (χ0) is 20.4. The van der Waals surface area contributed by atoms with Gasteiger partial charge in [0, 0.05) is 18.8 Å². The molecule has 0 saturated carbocycles. The van der Waals surface area contributed by atoms with Gasteiger partial charge in [-0.1, -0.05) is 38.1 Å². The molecule has 148 valence electrons. The van der Waals surface area contributed by atoms with E-state index in [9.17, 15) is 22.8 Å². The third-order valence-electron chi connectivity index (χ3n) is 4.75. The molecule has 2 N–H and O–H groups in total. The lowest BCUT2D eigenvalue weighted by Gasteiger charge is -2.22. The minimum atomic E-state index is -4.68. The van der Waals surface area contributed by atoms with Gasteiger partial charge in [-0.3, -0.25) is 4.79 Å². The zero-order valence-electron chi connectivity index (χ0n) is 15.2. The SMILES string of the molecule is C=CCc1cccc(C(C)C)c1NC(=O)N1C[C@@H](C(F)(F)F)[C@H](C(=O)O)C1. The van der Waals surface area contributed by atoms with E-state index in [1.807, 2.05) is 32.0 Å². The van der Waals surface area contributed by atoms with Gasteiger partial charge in [-0.05, 0) is 23.5 Å². The van der Waals surface area contributed by atoms with Crippen LogP contribution in [0, 0.1) is 11.8 Å². The summed E-state index contributed by atoms with van der Waals surface area (Å²) in [5, 5.41) is 11.8. The first-order valence-electron chi connectivity index (χ1n) is 8.64. The first-order chi connectivity index (χ1) is 12.6. The van der Waals surface area contributed by atoms with E-state index in [1.165, 1.54) is 0 Å². The maximum Gasteiger partial charge on any atom is 0.394 e. The number of benzene rings is 1. The van der Waals surface area contributed by atoms with Crippen LogP contribution in [0.15, 0.2) is 30.9 Å². The molecule has 2 amide bonds. The Labute approximate surface area is 155 Å². The highest BCUT2D eigenvalue weighted by Crippen LogP contribution is 2.38. The smallest absolute Gasteiger partial charge is 0.394 e. The van der Waals surface area contributed by atoms with Crippen molar-refractivity contribution in [3.05, 3.63) is 42.0 Å². The third-order valence-corrected chi connectivity index (χ3v) is 4.75. The van der Waals surface area contributed by atoms with Crippen molar-refractivity contribution in [2.45, 2.75) is 32.4 Å². The van der Waals surface area contributed by atoms with Crippen molar-refractivity contribution in [2.24, 2.45) is 11.8 Å². The lowest BCUT2D eigenvalue weighted by atomic mass is 9.96. The number of carboxylic acid groups (broad SMARTS) is 1. The minimum absolute atomic E-state index is 0.0818. The van der Waals surface area contributed by atoms with Gasteiger partial charge in [0.15, 0.2) is 0 Å². The Hall–Kier alpha value is -2.51. The Balaban J connectivity index is 2.28. The molecule has 0 aliphatic carbocycles. The summed E-state index contributed by atoms with van der Waals surface area (Å²) in [6.07, 6.45) is -2.52. The number of nitrogens with one attached hydrogen (secondary N) is 1. The number of allylic oxidation sites excluding steroid dienone is 1. The predicted molar refractivity (Wildman–Crippen MR) is 95.7 cm³/mol. The average Bonchev–Trinajstić information content (AvgIpc) is 3.02. The minimum Gasteiger partial charge on any atom is -0.481 e. The van der Waals surface area contributed by atoms with Gasteiger partial charge in [-0.15, -0.1) is 6.58 Å². The molecule has 0 bridgehead atoms.